The van der Waals surface area contributed by atoms with Crippen LogP contribution in [-0.2, 0) is 27.1 Å². The molecule has 0 aliphatic carbocycles. The zero-order chi connectivity index (χ0) is 16.8. The molecule has 0 spiro atoms. The van der Waals surface area contributed by atoms with Crippen molar-refractivity contribution >= 4 is 15.9 Å². The Hall–Kier alpha value is -1.66. The number of nitrogens with one attached hydrogen (secondary N) is 2. The van der Waals surface area contributed by atoms with Crippen molar-refractivity contribution in [2.45, 2.75) is 46.0 Å². The first kappa shape index (κ1) is 18.4. The summed E-state index contributed by atoms with van der Waals surface area (Å²) in [6.45, 7) is 7.55. The molecule has 1 rings (SSSR count). The predicted molar refractivity (Wildman–Crippen MR) is 88.6 cm³/mol. The van der Waals surface area contributed by atoms with Crippen molar-refractivity contribution in [2.75, 3.05) is 0 Å². The smallest absolute Gasteiger partial charge is 0.244 e. The van der Waals surface area contributed by atoms with Crippen LogP contribution in [0, 0.1) is 0 Å². The van der Waals surface area contributed by atoms with Crippen molar-refractivity contribution < 1.29 is 13.2 Å². The molecule has 0 saturated heterocycles. The lowest BCUT2D eigenvalue weighted by molar-refractivity contribution is -0.116. The monoisotopic (exact) mass is 324 g/mol. The van der Waals surface area contributed by atoms with E-state index in [2.05, 4.69) is 10.0 Å². The molecule has 0 aliphatic heterocycles. The van der Waals surface area contributed by atoms with Crippen LogP contribution in [-0.4, -0.2) is 20.4 Å². The van der Waals surface area contributed by atoms with Gasteiger partial charge in [-0.1, -0.05) is 29.8 Å². The van der Waals surface area contributed by atoms with Crippen molar-refractivity contribution in [2.24, 2.45) is 0 Å². The molecule has 0 radical (unpaired) electrons. The summed E-state index contributed by atoms with van der Waals surface area (Å²) >= 11 is 0. The van der Waals surface area contributed by atoms with E-state index in [1.54, 1.807) is 26.0 Å². The molecule has 1 aromatic carbocycles. The van der Waals surface area contributed by atoms with E-state index >= 15 is 0 Å². The van der Waals surface area contributed by atoms with Crippen LogP contribution in [0.5, 0.6) is 0 Å². The van der Waals surface area contributed by atoms with Crippen LogP contribution < -0.4 is 10.0 Å². The highest BCUT2D eigenvalue weighted by atomic mass is 32.2. The Bertz CT molecular complexity index is 645. The summed E-state index contributed by atoms with van der Waals surface area (Å²) in [6, 6.07) is 7.07. The van der Waals surface area contributed by atoms with Crippen LogP contribution in [0.25, 0.3) is 0 Å². The molecule has 0 saturated carbocycles. The van der Waals surface area contributed by atoms with Gasteiger partial charge < -0.3 is 5.32 Å². The van der Waals surface area contributed by atoms with Gasteiger partial charge in [0.05, 0.1) is 5.75 Å². The lowest BCUT2D eigenvalue weighted by Gasteiger charge is -2.13. The van der Waals surface area contributed by atoms with E-state index in [0.29, 0.717) is 12.1 Å². The first-order valence-corrected chi connectivity index (χ1v) is 8.84. The normalized spacial score (nSPS) is 11.3. The van der Waals surface area contributed by atoms with Gasteiger partial charge in [0.1, 0.15) is 0 Å². The fourth-order valence-corrected chi connectivity index (χ4v) is 3.46. The third-order valence-electron chi connectivity index (χ3n) is 2.75. The number of amides is 1. The van der Waals surface area contributed by atoms with Gasteiger partial charge in [0.25, 0.3) is 0 Å². The molecule has 1 amide bonds. The number of allylic oxidation sites excluding steroid dienone is 1. The minimum Gasteiger partial charge on any atom is -0.348 e. The Morgan fingerprint density at radius 3 is 2.32 bits per heavy atom. The molecule has 0 unspecified atom stereocenters. The second-order valence-electron chi connectivity index (χ2n) is 5.74. The molecule has 122 valence electrons. The van der Waals surface area contributed by atoms with Crippen molar-refractivity contribution in [3.63, 3.8) is 0 Å². The van der Waals surface area contributed by atoms with Gasteiger partial charge in [0, 0.05) is 18.7 Å². The standard InChI is InChI=1S/C16H24N2O3S/c1-12(2)9-16(19)17-10-14-7-5-6-8-15(14)11-22(20,21)18-13(3)4/h5-9,13,18H,10-11H2,1-4H3,(H,17,19). The first-order chi connectivity index (χ1) is 10.2. The number of sulfonamides is 1. The Morgan fingerprint density at radius 2 is 1.77 bits per heavy atom. The molecule has 5 nitrogen and oxygen atoms in total. The van der Waals surface area contributed by atoms with Gasteiger partial charge in [-0.25, -0.2) is 13.1 Å². The third-order valence-corrected chi connectivity index (χ3v) is 4.27. The highest BCUT2D eigenvalue weighted by Gasteiger charge is 2.15. The van der Waals surface area contributed by atoms with Crippen LogP contribution in [0.15, 0.2) is 35.9 Å². The topological polar surface area (TPSA) is 75.3 Å². The second kappa shape index (κ2) is 8.10. The van der Waals surface area contributed by atoms with Gasteiger partial charge >= 0.3 is 0 Å². The fourth-order valence-electron chi connectivity index (χ4n) is 1.97. The van der Waals surface area contributed by atoms with Crippen molar-refractivity contribution in [1.82, 2.24) is 10.0 Å². The number of benzene rings is 1. The molecule has 0 aromatic heterocycles. The Balaban J connectivity index is 2.82. The van der Waals surface area contributed by atoms with E-state index < -0.39 is 10.0 Å². The van der Waals surface area contributed by atoms with E-state index in [-0.39, 0.29) is 17.7 Å². The maximum absolute atomic E-state index is 12.0. The zero-order valence-corrected chi connectivity index (χ0v) is 14.3. The molecule has 6 heteroatoms. The number of carbonyl (C=O) groups excluding carboxylic acids is 1. The van der Waals surface area contributed by atoms with E-state index in [0.717, 1.165) is 11.1 Å². The highest BCUT2D eigenvalue weighted by molar-refractivity contribution is 7.88. The van der Waals surface area contributed by atoms with Crippen LogP contribution >= 0.6 is 0 Å². The van der Waals surface area contributed by atoms with Crippen LogP contribution in [0.3, 0.4) is 0 Å². The lowest BCUT2D eigenvalue weighted by Crippen LogP contribution is -2.31. The predicted octanol–water partition coefficient (Wildman–Crippen LogP) is 2.10. The Labute approximate surface area is 132 Å². The van der Waals surface area contributed by atoms with Crippen molar-refractivity contribution in [3.05, 3.63) is 47.0 Å². The van der Waals surface area contributed by atoms with Crippen LogP contribution in [0.2, 0.25) is 0 Å². The molecule has 0 atom stereocenters. The summed E-state index contributed by atoms with van der Waals surface area (Å²) in [5, 5.41) is 2.77. The van der Waals surface area contributed by atoms with Crippen molar-refractivity contribution in [3.8, 4) is 0 Å². The average molecular weight is 324 g/mol. The molecular weight excluding hydrogens is 300 g/mol. The van der Waals surface area contributed by atoms with Gasteiger partial charge in [-0.3, -0.25) is 4.79 Å². The van der Waals surface area contributed by atoms with Gasteiger partial charge in [0.15, 0.2) is 0 Å². The molecule has 22 heavy (non-hydrogen) atoms. The SMILES string of the molecule is CC(C)=CC(=O)NCc1ccccc1CS(=O)(=O)NC(C)C. The molecule has 0 aliphatic rings. The number of carbonyl (C=O) groups is 1. The summed E-state index contributed by atoms with van der Waals surface area (Å²) in [4.78, 5) is 11.7. The number of hydrogen-bond donors (Lipinski definition) is 2. The molecular formula is C16H24N2O3S. The largest absolute Gasteiger partial charge is 0.348 e. The molecule has 0 fully saturated rings. The third kappa shape index (κ3) is 6.87. The lowest BCUT2D eigenvalue weighted by atomic mass is 10.1. The van der Waals surface area contributed by atoms with E-state index in [4.69, 9.17) is 0 Å². The quantitative estimate of drug-likeness (QED) is 0.754. The van der Waals surface area contributed by atoms with E-state index in [1.165, 1.54) is 6.08 Å². The number of hydrogen-bond acceptors (Lipinski definition) is 3. The van der Waals surface area contributed by atoms with E-state index in [9.17, 15) is 13.2 Å². The summed E-state index contributed by atoms with van der Waals surface area (Å²) < 4.78 is 26.6. The molecule has 2 N–H and O–H groups in total. The zero-order valence-electron chi connectivity index (χ0n) is 13.5. The van der Waals surface area contributed by atoms with Gasteiger partial charge in [-0.2, -0.15) is 0 Å². The Kier molecular flexibility index (Phi) is 6.77. The molecule has 0 bridgehead atoms. The summed E-state index contributed by atoms with van der Waals surface area (Å²) in [7, 11) is -3.39. The minimum absolute atomic E-state index is 0.0974. The van der Waals surface area contributed by atoms with Gasteiger partial charge in [0.2, 0.25) is 15.9 Å². The van der Waals surface area contributed by atoms with Gasteiger partial charge in [-0.15, -0.1) is 0 Å². The van der Waals surface area contributed by atoms with Crippen LogP contribution in [0.4, 0.5) is 0 Å². The van der Waals surface area contributed by atoms with E-state index in [1.807, 2.05) is 26.0 Å². The summed E-state index contributed by atoms with van der Waals surface area (Å²) in [6.07, 6.45) is 1.51. The van der Waals surface area contributed by atoms with Crippen molar-refractivity contribution in [1.29, 1.82) is 0 Å². The molecule has 1 aromatic rings. The molecule has 0 heterocycles. The maximum atomic E-state index is 12.0. The second-order valence-corrected chi connectivity index (χ2v) is 7.49. The summed E-state index contributed by atoms with van der Waals surface area (Å²) in [5.41, 5.74) is 2.40. The summed E-state index contributed by atoms with van der Waals surface area (Å²) in [5.74, 6) is -0.280. The minimum atomic E-state index is -3.39. The highest BCUT2D eigenvalue weighted by Crippen LogP contribution is 2.12. The van der Waals surface area contributed by atoms with Gasteiger partial charge in [-0.05, 0) is 38.8 Å². The Morgan fingerprint density at radius 1 is 1.18 bits per heavy atom. The number of rotatable bonds is 7. The first-order valence-electron chi connectivity index (χ1n) is 7.19. The average Bonchev–Trinajstić information content (AvgIpc) is 2.34. The fraction of sp³-hybridized carbons (Fsp3) is 0.438. The van der Waals surface area contributed by atoms with Crippen LogP contribution in [0.1, 0.15) is 38.8 Å². The maximum Gasteiger partial charge on any atom is 0.244 e.